The van der Waals surface area contributed by atoms with Crippen molar-refractivity contribution in [2.24, 2.45) is 5.16 Å². The Morgan fingerprint density at radius 1 is 1.50 bits per heavy atom. The third-order valence-corrected chi connectivity index (χ3v) is 1.14. The van der Waals surface area contributed by atoms with Crippen LogP contribution in [0.5, 0.6) is 0 Å². The molecule has 0 unspecified atom stereocenters. The van der Waals surface area contributed by atoms with E-state index in [1.54, 1.807) is 6.92 Å². The van der Waals surface area contributed by atoms with E-state index in [1.165, 1.54) is 0 Å². The lowest BCUT2D eigenvalue weighted by atomic mass is 10.2. The molecule has 0 fully saturated rings. The Morgan fingerprint density at radius 3 is 2.12 bits per heavy atom. The van der Waals surface area contributed by atoms with Gasteiger partial charge in [-0.1, -0.05) is 6.08 Å². The highest BCUT2D eigenvalue weighted by Crippen LogP contribution is 1.94. The molecule has 8 heavy (non-hydrogen) atoms. The minimum atomic E-state index is 0.563. The van der Waals surface area contributed by atoms with Crippen molar-refractivity contribution >= 4 is 5.71 Å². The van der Waals surface area contributed by atoms with Crippen LogP contribution in [0.3, 0.4) is 0 Å². The zero-order valence-electron chi connectivity index (χ0n) is 5.43. The van der Waals surface area contributed by atoms with Gasteiger partial charge in [0.1, 0.15) is 0 Å². The molecule has 0 heterocycles. The van der Waals surface area contributed by atoms with E-state index in [0.29, 0.717) is 5.71 Å². The van der Waals surface area contributed by atoms with Gasteiger partial charge in [0.25, 0.3) is 0 Å². The molecule has 0 N–H and O–H groups in total. The Kier molecular flexibility index (Phi) is 2.92. The molecule has 0 aromatic rings. The fraction of sp³-hybridized carbons (Fsp3) is 0.500. The van der Waals surface area contributed by atoms with Crippen LogP contribution in [0.2, 0.25) is 0 Å². The molecule has 0 amide bonds. The summed E-state index contributed by atoms with van der Waals surface area (Å²) in [4.78, 5) is 0. The average Bonchev–Trinajstić information content (AvgIpc) is 1.84. The van der Waals surface area contributed by atoms with E-state index < -0.39 is 0 Å². The molecule has 0 saturated heterocycles. The Balaban J connectivity index is 4.04. The summed E-state index contributed by atoms with van der Waals surface area (Å²) in [5.74, 6) is 0. The van der Waals surface area contributed by atoms with Gasteiger partial charge in [0, 0.05) is 5.71 Å². The molecule has 0 bridgehead atoms. The quantitative estimate of drug-likeness (QED) is 0.377. The molecule has 46 valence electrons. The standard InChI is InChI=1S/C6H11NO/c1-4-5(2)6(3)7-8/h4,8H,1-3H3/p-1/b5-4+,7-6-. The summed E-state index contributed by atoms with van der Waals surface area (Å²) < 4.78 is 0. The van der Waals surface area contributed by atoms with Crippen molar-refractivity contribution in [1.82, 2.24) is 0 Å². The van der Waals surface area contributed by atoms with Crippen molar-refractivity contribution in [3.05, 3.63) is 16.9 Å². The maximum Gasteiger partial charge on any atom is 0.0288 e. The molecular weight excluding hydrogens is 102 g/mol. The van der Waals surface area contributed by atoms with Gasteiger partial charge in [-0.25, -0.2) is 0 Å². The van der Waals surface area contributed by atoms with Gasteiger partial charge in [0.05, 0.1) is 0 Å². The number of nitrogens with zero attached hydrogens (tertiary/aromatic N) is 1. The first-order valence-electron chi connectivity index (χ1n) is 2.52. The molecule has 0 radical (unpaired) electrons. The topological polar surface area (TPSA) is 35.4 Å². The van der Waals surface area contributed by atoms with Crippen LogP contribution < -0.4 is 0 Å². The number of hydrogen-bond acceptors (Lipinski definition) is 2. The summed E-state index contributed by atoms with van der Waals surface area (Å²) in [6.07, 6.45) is 1.86. The molecule has 0 atom stereocenters. The Labute approximate surface area is 49.5 Å². The van der Waals surface area contributed by atoms with Gasteiger partial charge in [0.2, 0.25) is 0 Å². The van der Waals surface area contributed by atoms with Gasteiger partial charge in [-0.2, -0.15) is 0 Å². The molecule has 0 aliphatic carbocycles. The first kappa shape index (κ1) is 7.21. The second-order valence-electron chi connectivity index (χ2n) is 1.65. The van der Waals surface area contributed by atoms with E-state index in [1.807, 2.05) is 19.9 Å². The molecule has 0 aromatic carbocycles. The monoisotopic (exact) mass is 112 g/mol. The Hall–Kier alpha value is -0.790. The average molecular weight is 112 g/mol. The number of hydrogen-bond donors (Lipinski definition) is 0. The molecule has 2 heteroatoms. The zero-order chi connectivity index (χ0) is 6.57. The minimum absolute atomic E-state index is 0.563. The highest BCUT2D eigenvalue weighted by molar-refractivity contribution is 5.97. The fourth-order valence-corrected chi connectivity index (χ4v) is 0.281. The molecule has 0 aromatic heterocycles. The maximum absolute atomic E-state index is 9.78. The smallest absolute Gasteiger partial charge is 0.0288 e. The van der Waals surface area contributed by atoms with Crippen molar-refractivity contribution in [2.45, 2.75) is 20.8 Å². The van der Waals surface area contributed by atoms with Crippen molar-refractivity contribution < 1.29 is 0 Å². The van der Waals surface area contributed by atoms with E-state index in [0.717, 1.165) is 5.57 Å². The molecular formula is C6H10NO-. The van der Waals surface area contributed by atoms with E-state index in [4.69, 9.17) is 0 Å². The van der Waals surface area contributed by atoms with Crippen molar-refractivity contribution in [2.75, 3.05) is 0 Å². The maximum atomic E-state index is 9.78. The number of allylic oxidation sites excluding steroid dienone is 2. The van der Waals surface area contributed by atoms with Gasteiger partial charge in [-0.3, -0.25) is 0 Å². The predicted octanol–water partition coefficient (Wildman–Crippen LogP) is 1.91. The Morgan fingerprint density at radius 2 is 2.00 bits per heavy atom. The largest absolute Gasteiger partial charge is 0.792 e. The normalized spacial score (nSPS) is 14.4. The minimum Gasteiger partial charge on any atom is -0.792 e. The second kappa shape index (κ2) is 3.24. The van der Waals surface area contributed by atoms with Crippen molar-refractivity contribution in [3.8, 4) is 0 Å². The van der Waals surface area contributed by atoms with Crippen LogP contribution >= 0.6 is 0 Å². The van der Waals surface area contributed by atoms with E-state index in [2.05, 4.69) is 5.16 Å². The van der Waals surface area contributed by atoms with Gasteiger partial charge in [-0.05, 0) is 26.3 Å². The van der Waals surface area contributed by atoms with Crippen molar-refractivity contribution in [3.63, 3.8) is 0 Å². The predicted molar refractivity (Wildman–Crippen MR) is 35.9 cm³/mol. The van der Waals surface area contributed by atoms with E-state index in [-0.39, 0.29) is 0 Å². The van der Waals surface area contributed by atoms with Crippen LogP contribution in [0.25, 0.3) is 0 Å². The lowest BCUT2D eigenvalue weighted by molar-refractivity contribution is 1.45. The lowest BCUT2D eigenvalue weighted by Crippen LogP contribution is -1.89. The fourth-order valence-electron chi connectivity index (χ4n) is 0.281. The summed E-state index contributed by atoms with van der Waals surface area (Å²) >= 11 is 0. The SMILES string of the molecule is C/C=C(C)/C(C)=N\[O-]. The van der Waals surface area contributed by atoms with Gasteiger partial charge in [0.15, 0.2) is 0 Å². The van der Waals surface area contributed by atoms with Crippen LogP contribution in [-0.2, 0) is 0 Å². The third kappa shape index (κ3) is 1.78. The zero-order valence-corrected chi connectivity index (χ0v) is 5.43. The summed E-state index contributed by atoms with van der Waals surface area (Å²) in [5.41, 5.74) is 1.51. The summed E-state index contributed by atoms with van der Waals surface area (Å²) in [6.45, 7) is 5.43. The first-order valence-corrected chi connectivity index (χ1v) is 2.52. The second-order valence-corrected chi connectivity index (χ2v) is 1.65. The van der Waals surface area contributed by atoms with Crippen molar-refractivity contribution in [1.29, 1.82) is 0 Å². The lowest BCUT2D eigenvalue weighted by Gasteiger charge is -1.99. The van der Waals surface area contributed by atoms with Crippen LogP contribution in [-0.4, -0.2) is 5.71 Å². The molecule has 0 aliphatic rings. The molecule has 0 rings (SSSR count). The Bertz CT molecular complexity index is 108. The highest BCUT2D eigenvalue weighted by Gasteiger charge is 1.85. The van der Waals surface area contributed by atoms with Crippen LogP contribution in [0, 0.1) is 5.21 Å². The third-order valence-electron chi connectivity index (χ3n) is 1.14. The molecule has 0 saturated carbocycles. The summed E-state index contributed by atoms with van der Waals surface area (Å²) in [7, 11) is 0. The summed E-state index contributed by atoms with van der Waals surface area (Å²) in [5, 5.41) is 12.5. The molecule has 0 spiro atoms. The highest BCUT2D eigenvalue weighted by atomic mass is 16.4. The van der Waals surface area contributed by atoms with Gasteiger partial charge >= 0.3 is 0 Å². The van der Waals surface area contributed by atoms with Gasteiger partial charge in [-0.15, -0.1) is 0 Å². The van der Waals surface area contributed by atoms with Gasteiger partial charge < -0.3 is 10.4 Å². The van der Waals surface area contributed by atoms with Crippen LogP contribution in [0.1, 0.15) is 20.8 Å². The van der Waals surface area contributed by atoms with E-state index in [9.17, 15) is 5.21 Å². The number of rotatable bonds is 1. The first-order chi connectivity index (χ1) is 3.72. The van der Waals surface area contributed by atoms with E-state index >= 15 is 0 Å². The summed E-state index contributed by atoms with van der Waals surface area (Å²) in [6, 6.07) is 0. The molecule has 2 nitrogen and oxygen atoms in total. The van der Waals surface area contributed by atoms with Crippen LogP contribution in [0.15, 0.2) is 16.8 Å². The molecule has 0 aliphatic heterocycles. The van der Waals surface area contributed by atoms with Crippen LogP contribution in [0.4, 0.5) is 0 Å².